The van der Waals surface area contributed by atoms with Gasteiger partial charge < -0.3 is 20.1 Å². The van der Waals surface area contributed by atoms with Crippen LogP contribution >= 0.6 is 11.3 Å². The highest BCUT2D eigenvalue weighted by Gasteiger charge is 2.23. The van der Waals surface area contributed by atoms with Gasteiger partial charge in [-0.05, 0) is 31.5 Å². The van der Waals surface area contributed by atoms with Crippen molar-refractivity contribution in [2.45, 2.75) is 26.3 Å². The number of hydrogen-bond donors (Lipinski definition) is 2. The van der Waals surface area contributed by atoms with Gasteiger partial charge in [0.15, 0.2) is 5.96 Å². The summed E-state index contributed by atoms with van der Waals surface area (Å²) in [6.07, 6.45) is 0.894. The number of benzene rings is 1. The van der Waals surface area contributed by atoms with Crippen molar-refractivity contribution in [2.24, 2.45) is 4.99 Å². The number of hydrogen-bond acceptors (Lipinski definition) is 6. The molecule has 1 aliphatic heterocycles. The van der Waals surface area contributed by atoms with Crippen LogP contribution in [0.15, 0.2) is 29.3 Å². The van der Waals surface area contributed by atoms with Gasteiger partial charge in [-0.2, -0.15) is 0 Å². The van der Waals surface area contributed by atoms with Crippen molar-refractivity contribution in [1.82, 2.24) is 20.5 Å². The van der Waals surface area contributed by atoms with E-state index in [9.17, 15) is 0 Å². The van der Waals surface area contributed by atoms with Gasteiger partial charge in [-0.25, -0.2) is 4.98 Å². The largest absolute Gasteiger partial charge is 0.497 e. The Kier molecular flexibility index (Phi) is 8.48. The van der Waals surface area contributed by atoms with Gasteiger partial charge in [0.2, 0.25) is 0 Å². The van der Waals surface area contributed by atoms with Crippen LogP contribution in [0, 0.1) is 13.8 Å². The van der Waals surface area contributed by atoms with Crippen LogP contribution in [0.3, 0.4) is 0 Å². The van der Waals surface area contributed by atoms with Crippen molar-refractivity contribution in [1.29, 1.82) is 0 Å². The zero-order valence-corrected chi connectivity index (χ0v) is 19.2. The molecule has 0 aliphatic carbocycles. The molecule has 7 nitrogen and oxygen atoms in total. The van der Waals surface area contributed by atoms with Crippen LogP contribution in [0.1, 0.15) is 27.2 Å². The lowest BCUT2D eigenvalue weighted by Gasteiger charge is -2.35. The number of aromatic nitrogens is 1. The molecule has 1 atom stereocenters. The normalized spacial score (nSPS) is 16.3. The summed E-state index contributed by atoms with van der Waals surface area (Å²) in [6.45, 7) is 9.14. The molecule has 2 N–H and O–H groups in total. The van der Waals surface area contributed by atoms with Crippen molar-refractivity contribution in [2.75, 3.05) is 53.6 Å². The summed E-state index contributed by atoms with van der Waals surface area (Å²) in [5.41, 5.74) is 2.39. The molecule has 8 heteroatoms. The Morgan fingerprint density at radius 1 is 1.23 bits per heavy atom. The Morgan fingerprint density at radius 2 is 1.97 bits per heavy atom. The smallest absolute Gasteiger partial charge is 0.191 e. The number of morpholine rings is 1. The van der Waals surface area contributed by atoms with Gasteiger partial charge in [0.1, 0.15) is 5.75 Å². The van der Waals surface area contributed by atoms with E-state index in [-0.39, 0.29) is 6.04 Å². The van der Waals surface area contributed by atoms with Crippen molar-refractivity contribution in [3.05, 3.63) is 45.4 Å². The van der Waals surface area contributed by atoms with Crippen molar-refractivity contribution >= 4 is 17.3 Å². The molecule has 0 bridgehead atoms. The first-order valence-corrected chi connectivity index (χ1v) is 11.3. The highest BCUT2D eigenvalue weighted by atomic mass is 32.1. The summed E-state index contributed by atoms with van der Waals surface area (Å²) < 4.78 is 10.9. The van der Waals surface area contributed by atoms with Crippen LogP contribution in [-0.4, -0.2) is 69.4 Å². The molecule has 0 radical (unpaired) electrons. The fourth-order valence-corrected chi connectivity index (χ4v) is 4.45. The number of aryl methyl sites for hydroxylation is 2. The summed E-state index contributed by atoms with van der Waals surface area (Å²) in [5, 5.41) is 8.09. The predicted octanol–water partition coefficient (Wildman–Crippen LogP) is 2.55. The van der Waals surface area contributed by atoms with Crippen LogP contribution in [-0.2, 0) is 11.2 Å². The molecule has 0 spiro atoms. The second-order valence-corrected chi connectivity index (χ2v) is 8.60. The van der Waals surface area contributed by atoms with E-state index in [0.29, 0.717) is 0 Å². The standard InChI is InChI=1S/C22H33N5O2S/c1-16-17(2)30-21(26-16)9-10-24-22(23-3)25-15-20(27-11-13-29-14-12-27)18-5-7-19(28-4)8-6-18/h5-8,20H,9-15H2,1-4H3,(H2,23,24,25). The van der Waals surface area contributed by atoms with E-state index in [2.05, 4.69) is 51.5 Å². The molecule has 2 aromatic rings. The fraction of sp³-hybridized carbons (Fsp3) is 0.545. The average Bonchev–Trinajstić information content (AvgIpc) is 3.10. The predicted molar refractivity (Wildman–Crippen MR) is 123 cm³/mol. The Bertz CT molecular complexity index is 796. The number of nitrogens with zero attached hydrogens (tertiary/aromatic N) is 3. The van der Waals surface area contributed by atoms with E-state index in [0.717, 1.165) is 68.2 Å². The van der Waals surface area contributed by atoms with Crippen molar-refractivity contribution in [3.63, 3.8) is 0 Å². The van der Waals surface area contributed by atoms with Crippen LogP contribution in [0.25, 0.3) is 0 Å². The topological polar surface area (TPSA) is 71.0 Å². The number of ether oxygens (including phenoxy) is 2. The zero-order valence-electron chi connectivity index (χ0n) is 18.4. The maximum atomic E-state index is 5.55. The molecule has 30 heavy (non-hydrogen) atoms. The van der Waals surface area contributed by atoms with Crippen LogP contribution in [0.4, 0.5) is 0 Å². The second-order valence-electron chi connectivity index (χ2n) is 7.32. The summed E-state index contributed by atoms with van der Waals surface area (Å²) in [5.74, 6) is 1.68. The number of thiazole rings is 1. The number of methoxy groups -OCH3 is 1. The molecule has 1 aliphatic rings. The quantitative estimate of drug-likeness (QED) is 0.494. The third kappa shape index (κ3) is 6.17. The van der Waals surface area contributed by atoms with Gasteiger partial charge in [-0.15, -0.1) is 11.3 Å². The number of aliphatic imine (C=N–C) groups is 1. The van der Waals surface area contributed by atoms with Gasteiger partial charge in [-0.1, -0.05) is 12.1 Å². The molecule has 3 rings (SSSR count). The molecule has 0 amide bonds. The summed E-state index contributed by atoms with van der Waals surface area (Å²) >= 11 is 1.77. The van der Waals surface area contributed by atoms with Crippen molar-refractivity contribution < 1.29 is 9.47 Å². The molecular weight excluding hydrogens is 398 g/mol. The summed E-state index contributed by atoms with van der Waals surface area (Å²) in [6, 6.07) is 8.57. The number of rotatable bonds is 8. The second kappa shape index (κ2) is 11.3. The Hall–Kier alpha value is -2.16. The Morgan fingerprint density at radius 3 is 2.57 bits per heavy atom. The van der Waals surface area contributed by atoms with Gasteiger partial charge >= 0.3 is 0 Å². The van der Waals surface area contributed by atoms with Gasteiger partial charge in [-0.3, -0.25) is 9.89 Å². The van der Waals surface area contributed by atoms with E-state index in [1.807, 2.05) is 19.2 Å². The maximum Gasteiger partial charge on any atom is 0.191 e. The molecule has 1 unspecified atom stereocenters. The molecule has 1 aromatic carbocycles. The SMILES string of the molecule is CN=C(NCCc1nc(C)c(C)s1)NCC(c1ccc(OC)cc1)N1CCOCC1. The first kappa shape index (κ1) is 22.5. The van der Waals surface area contributed by atoms with Crippen LogP contribution in [0.5, 0.6) is 5.75 Å². The molecule has 1 fully saturated rings. The minimum absolute atomic E-state index is 0.239. The molecule has 1 saturated heterocycles. The zero-order chi connectivity index (χ0) is 21.3. The number of nitrogens with one attached hydrogen (secondary N) is 2. The first-order chi connectivity index (χ1) is 14.6. The summed E-state index contributed by atoms with van der Waals surface area (Å²) in [7, 11) is 3.50. The lowest BCUT2D eigenvalue weighted by atomic mass is 10.0. The monoisotopic (exact) mass is 431 g/mol. The van der Waals surface area contributed by atoms with E-state index in [1.165, 1.54) is 10.4 Å². The minimum atomic E-state index is 0.239. The van der Waals surface area contributed by atoms with Gasteiger partial charge in [0.05, 0.1) is 37.1 Å². The average molecular weight is 432 g/mol. The number of guanidine groups is 1. The molecule has 2 heterocycles. The van der Waals surface area contributed by atoms with Crippen LogP contribution < -0.4 is 15.4 Å². The molecular formula is C22H33N5O2S. The minimum Gasteiger partial charge on any atom is -0.497 e. The van der Waals surface area contributed by atoms with E-state index in [1.54, 1.807) is 18.4 Å². The van der Waals surface area contributed by atoms with E-state index >= 15 is 0 Å². The highest BCUT2D eigenvalue weighted by molar-refractivity contribution is 7.11. The van der Waals surface area contributed by atoms with Gasteiger partial charge in [0.25, 0.3) is 0 Å². The lowest BCUT2D eigenvalue weighted by molar-refractivity contribution is 0.0170. The molecule has 164 valence electrons. The van der Waals surface area contributed by atoms with Crippen molar-refractivity contribution in [3.8, 4) is 5.75 Å². The molecule has 1 aromatic heterocycles. The van der Waals surface area contributed by atoms with Gasteiger partial charge in [0, 0.05) is 44.5 Å². The third-order valence-electron chi connectivity index (χ3n) is 5.38. The Labute approximate surface area is 183 Å². The highest BCUT2D eigenvalue weighted by Crippen LogP contribution is 2.23. The first-order valence-electron chi connectivity index (χ1n) is 10.4. The molecule has 0 saturated carbocycles. The van der Waals surface area contributed by atoms with E-state index < -0.39 is 0 Å². The van der Waals surface area contributed by atoms with E-state index in [4.69, 9.17) is 9.47 Å². The lowest BCUT2D eigenvalue weighted by Crippen LogP contribution is -2.46. The summed E-state index contributed by atoms with van der Waals surface area (Å²) in [4.78, 5) is 12.8. The Balaban J connectivity index is 1.58. The van der Waals surface area contributed by atoms with Crippen LogP contribution in [0.2, 0.25) is 0 Å². The maximum absolute atomic E-state index is 5.55. The third-order valence-corrected chi connectivity index (χ3v) is 6.51. The fourth-order valence-electron chi connectivity index (χ4n) is 3.52.